The number of aliphatic hydroxyl groups excluding tert-OH is 1. The third-order valence-electron chi connectivity index (χ3n) is 7.01. The molecule has 2 aromatic heterocycles. The van der Waals surface area contributed by atoms with Crippen LogP contribution in [0.15, 0.2) is 41.8 Å². The maximum atomic E-state index is 12.9. The Kier molecular flexibility index (Phi) is 7.43. The van der Waals surface area contributed by atoms with E-state index >= 15 is 0 Å². The second-order valence-corrected chi connectivity index (χ2v) is 11.0. The van der Waals surface area contributed by atoms with E-state index in [0.29, 0.717) is 30.1 Å². The molecule has 8 nitrogen and oxygen atoms in total. The molecule has 0 bridgehead atoms. The van der Waals surface area contributed by atoms with Crippen LogP contribution in [0.4, 0.5) is 0 Å². The number of nitrogens with one attached hydrogen (secondary N) is 1. The first-order chi connectivity index (χ1) is 17.4. The highest BCUT2D eigenvalue weighted by atomic mass is 35.5. The molecule has 1 aliphatic carbocycles. The van der Waals surface area contributed by atoms with Gasteiger partial charge in [-0.05, 0) is 67.3 Å². The van der Waals surface area contributed by atoms with Crippen molar-refractivity contribution >= 4 is 45.0 Å². The Morgan fingerprint density at radius 1 is 1.19 bits per heavy atom. The standard InChI is InChI=1S/C26H29ClN4O4S/c27-17-3-1-15(2-4-17)13-31-14-16(11-23(31)32)25(34)29-18-5-7-19(8-6-18)35-26-20(24(28)33)12-22-21(30-26)9-10-36-22/h1-4,9-10,12,16,18-19,23,32H,5-8,11,13-14H2,(H2,28,33)(H,29,34). The van der Waals surface area contributed by atoms with Crippen molar-refractivity contribution in [2.75, 3.05) is 6.54 Å². The fraction of sp³-hybridized carbons (Fsp3) is 0.423. The number of fused-ring (bicyclic) bond motifs is 1. The Bertz CT molecular complexity index is 1240. The molecule has 1 aliphatic heterocycles. The zero-order chi connectivity index (χ0) is 25.2. The molecule has 2 amide bonds. The van der Waals surface area contributed by atoms with Crippen molar-refractivity contribution in [3.05, 3.63) is 57.9 Å². The van der Waals surface area contributed by atoms with Gasteiger partial charge in [-0.1, -0.05) is 23.7 Å². The number of ether oxygens (including phenoxy) is 1. The van der Waals surface area contributed by atoms with Crippen LogP contribution in [0.3, 0.4) is 0 Å². The minimum absolute atomic E-state index is 0.0161. The Morgan fingerprint density at radius 2 is 1.94 bits per heavy atom. The lowest BCUT2D eigenvalue weighted by atomic mass is 9.92. The van der Waals surface area contributed by atoms with Crippen LogP contribution in [0.1, 0.15) is 48.0 Å². The lowest BCUT2D eigenvalue weighted by molar-refractivity contribution is -0.125. The van der Waals surface area contributed by atoms with Crippen LogP contribution in [0, 0.1) is 5.92 Å². The Hall–Kier alpha value is -2.72. The summed E-state index contributed by atoms with van der Waals surface area (Å²) in [5.74, 6) is -0.544. The number of carbonyl (C=O) groups is 2. The van der Waals surface area contributed by atoms with E-state index in [0.717, 1.165) is 41.5 Å². The minimum atomic E-state index is -0.645. The second kappa shape index (κ2) is 10.7. The average Bonchev–Trinajstić information content (AvgIpc) is 3.47. The Morgan fingerprint density at radius 3 is 2.67 bits per heavy atom. The summed E-state index contributed by atoms with van der Waals surface area (Å²) >= 11 is 7.46. The topological polar surface area (TPSA) is 118 Å². The summed E-state index contributed by atoms with van der Waals surface area (Å²) in [4.78, 5) is 31.3. The van der Waals surface area contributed by atoms with E-state index in [9.17, 15) is 14.7 Å². The molecule has 3 heterocycles. The van der Waals surface area contributed by atoms with Crippen molar-refractivity contribution in [2.24, 2.45) is 11.7 Å². The molecule has 2 fully saturated rings. The molecule has 2 unspecified atom stereocenters. The van der Waals surface area contributed by atoms with Crippen molar-refractivity contribution in [2.45, 2.75) is 57.0 Å². The number of hydrogen-bond donors (Lipinski definition) is 3. The van der Waals surface area contributed by atoms with Gasteiger partial charge in [-0.3, -0.25) is 14.5 Å². The average molecular weight is 529 g/mol. The molecule has 3 aromatic rings. The first kappa shape index (κ1) is 25.0. The van der Waals surface area contributed by atoms with Crippen molar-refractivity contribution in [3.63, 3.8) is 0 Å². The van der Waals surface area contributed by atoms with Gasteiger partial charge in [0.1, 0.15) is 17.9 Å². The number of aliphatic hydroxyl groups is 1. The van der Waals surface area contributed by atoms with E-state index in [1.54, 1.807) is 6.07 Å². The lowest BCUT2D eigenvalue weighted by Gasteiger charge is -2.30. The number of nitrogens with zero attached hydrogens (tertiary/aromatic N) is 2. The number of amides is 2. The Balaban J connectivity index is 1.12. The number of primary amides is 1. The van der Waals surface area contributed by atoms with E-state index in [1.807, 2.05) is 40.6 Å². The molecule has 1 saturated heterocycles. The van der Waals surface area contributed by atoms with Gasteiger partial charge >= 0.3 is 0 Å². The molecular formula is C26H29ClN4O4S. The maximum absolute atomic E-state index is 12.9. The molecule has 1 aromatic carbocycles. The van der Waals surface area contributed by atoms with E-state index < -0.39 is 12.1 Å². The minimum Gasteiger partial charge on any atom is -0.474 e. The highest BCUT2D eigenvalue weighted by molar-refractivity contribution is 7.17. The molecule has 2 atom stereocenters. The first-order valence-corrected chi connectivity index (χ1v) is 13.4. The van der Waals surface area contributed by atoms with Gasteiger partial charge in [-0.2, -0.15) is 0 Å². The number of benzene rings is 1. The maximum Gasteiger partial charge on any atom is 0.254 e. The SMILES string of the molecule is NC(=O)c1cc2sccc2nc1OC1CCC(NC(=O)C2CC(O)N(Cc3ccc(Cl)cc3)C2)CC1. The molecule has 190 valence electrons. The highest BCUT2D eigenvalue weighted by Gasteiger charge is 2.36. The van der Waals surface area contributed by atoms with Crippen LogP contribution in [-0.2, 0) is 11.3 Å². The Labute approximate surface area is 218 Å². The summed E-state index contributed by atoms with van der Waals surface area (Å²) in [6.07, 6.45) is 2.70. The summed E-state index contributed by atoms with van der Waals surface area (Å²) in [5, 5.41) is 16.2. The summed E-state index contributed by atoms with van der Waals surface area (Å²) in [5.41, 5.74) is 7.68. The lowest BCUT2D eigenvalue weighted by Crippen LogP contribution is -2.43. The molecule has 0 spiro atoms. The third-order valence-corrected chi connectivity index (χ3v) is 8.11. The number of hydrogen-bond acceptors (Lipinski definition) is 7. The summed E-state index contributed by atoms with van der Waals surface area (Å²) in [6, 6.07) is 11.2. The largest absolute Gasteiger partial charge is 0.474 e. The van der Waals surface area contributed by atoms with Crippen LogP contribution in [0.25, 0.3) is 10.2 Å². The van der Waals surface area contributed by atoms with Gasteiger partial charge in [0.15, 0.2) is 0 Å². The van der Waals surface area contributed by atoms with Gasteiger partial charge < -0.3 is 20.9 Å². The predicted molar refractivity (Wildman–Crippen MR) is 139 cm³/mol. The first-order valence-electron chi connectivity index (χ1n) is 12.2. The molecule has 5 rings (SSSR count). The predicted octanol–water partition coefficient (Wildman–Crippen LogP) is 3.70. The molecule has 4 N–H and O–H groups in total. The molecule has 2 aliphatic rings. The number of rotatable bonds is 7. The summed E-state index contributed by atoms with van der Waals surface area (Å²) in [6.45, 7) is 1.09. The number of carbonyl (C=O) groups excluding carboxylic acids is 2. The summed E-state index contributed by atoms with van der Waals surface area (Å²) < 4.78 is 7.00. The molecule has 36 heavy (non-hydrogen) atoms. The number of pyridine rings is 1. The van der Waals surface area contributed by atoms with Crippen LogP contribution in [-0.4, -0.2) is 51.7 Å². The monoisotopic (exact) mass is 528 g/mol. The fourth-order valence-corrected chi connectivity index (χ4v) is 5.90. The van der Waals surface area contributed by atoms with Gasteiger partial charge in [0.25, 0.3) is 5.91 Å². The number of aromatic nitrogens is 1. The van der Waals surface area contributed by atoms with E-state index in [-0.39, 0.29) is 29.9 Å². The molecule has 0 radical (unpaired) electrons. The van der Waals surface area contributed by atoms with Gasteiger partial charge in [-0.15, -0.1) is 11.3 Å². The second-order valence-electron chi connectivity index (χ2n) is 9.58. The van der Waals surface area contributed by atoms with Gasteiger partial charge in [0.05, 0.1) is 16.1 Å². The quantitative estimate of drug-likeness (QED) is 0.430. The van der Waals surface area contributed by atoms with E-state index in [4.69, 9.17) is 22.1 Å². The van der Waals surface area contributed by atoms with Crippen molar-refractivity contribution in [3.8, 4) is 5.88 Å². The smallest absolute Gasteiger partial charge is 0.254 e. The van der Waals surface area contributed by atoms with Crippen molar-refractivity contribution in [1.29, 1.82) is 0 Å². The van der Waals surface area contributed by atoms with Gasteiger partial charge in [0.2, 0.25) is 11.8 Å². The van der Waals surface area contributed by atoms with Crippen LogP contribution in [0.2, 0.25) is 5.02 Å². The molecule has 1 saturated carbocycles. The van der Waals surface area contributed by atoms with Gasteiger partial charge in [-0.25, -0.2) is 4.98 Å². The van der Waals surface area contributed by atoms with Crippen molar-refractivity contribution in [1.82, 2.24) is 15.2 Å². The number of halogens is 1. The fourth-order valence-electron chi connectivity index (χ4n) is 5.01. The van der Waals surface area contributed by atoms with E-state index in [2.05, 4.69) is 10.3 Å². The number of likely N-dealkylation sites (tertiary alicyclic amines) is 1. The number of nitrogens with two attached hydrogens (primary N) is 1. The normalized spacial score (nSPS) is 24.6. The van der Waals surface area contributed by atoms with Gasteiger partial charge in [0, 0.05) is 24.2 Å². The zero-order valence-corrected chi connectivity index (χ0v) is 21.3. The number of thiophene rings is 1. The van der Waals surface area contributed by atoms with Crippen LogP contribution < -0.4 is 15.8 Å². The van der Waals surface area contributed by atoms with Crippen molar-refractivity contribution < 1.29 is 19.4 Å². The zero-order valence-electron chi connectivity index (χ0n) is 19.7. The van der Waals surface area contributed by atoms with Crippen LogP contribution >= 0.6 is 22.9 Å². The summed E-state index contributed by atoms with van der Waals surface area (Å²) in [7, 11) is 0. The molecular weight excluding hydrogens is 500 g/mol. The van der Waals surface area contributed by atoms with Crippen LogP contribution in [0.5, 0.6) is 5.88 Å². The highest BCUT2D eigenvalue weighted by Crippen LogP contribution is 2.30. The third kappa shape index (κ3) is 5.64. The van der Waals surface area contributed by atoms with E-state index in [1.165, 1.54) is 11.3 Å². The molecule has 10 heteroatoms.